The van der Waals surface area contributed by atoms with E-state index < -0.39 is 17.5 Å². The molecule has 0 aliphatic carbocycles. The number of carbonyl (C=O) groups excluding carboxylic acids is 3. The normalized spacial score (nSPS) is 20.8. The summed E-state index contributed by atoms with van der Waals surface area (Å²) in [7, 11) is 1.58. The van der Waals surface area contributed by atoms with Crippen LogP contribution in [0.3, 0.4) is 0 Å². The molecule has 1 unspecified atom stereocenters. The predicted molar refractivity (Wildman–Crippen MR) is 89.6 cm³/mol. The fraction of sp³-hybridized carbons (Fsp3) is 0.824. The van der Waals surface area contributed by atoms with Crippen LogP contribution in [0.1, 0.15) is 53.9 Å². The number of likely N-dealkylation sites (N-methyl/N-ethyl adjacent to an activating group) is 1. The van der Waals surface area contributed by atoms with Gasteiger partial charge in [0.05, 0.1) is 0 Å². The second-order valence-electron chi connectivity index (χ2n) is 7.42. The maximum absolute atomic E-state index is 13.0. The Balaban J connectivity index is 2.96. The molecule has 3 atom stereocenters. The molecular formula is C17H31N3O3. The number of hydrogen-bond acceptors (Lipinski definition) is 3. The van der Waals surface area contributed by atoms with Crippen molar-refractivity contribution in [2.24, 2.45) is 11.3 Å². The number of nitrogens with zero attached hydrogens (tertiary/aromatic N) is 1. The largest absolute Gasteiger partial charge is 0.357 e. The van der Waals surface area contributed by atoms with Gasteiger partial charge in [0.2, 0.25) is 17.7 Å². The molecule has 1 aliphatic heterocycles. The molecule has 1 saturated heterocycles. The molecular weight excluding hydrogens is 294 g/mol. The molecule has 1 aliphatic rings. The quantitative estimate of drug-likeness (QED) is 0.800. The van der Waals surface area contributed by atoms with E-state index in [1.807, 2.05) is 34.6 Å². The first kappa shape index (κ1) is 19.5. The Morgan fingerprint density at radius 3 is 2.35 bits per heavy atom. The summed E-state index contributed by atoms with van der Waals surface area (Å²) in [6.45, 7) is 10.1. The highest BCUT2D eigenvalue weighted by molar-refractivity contribution is 5.93. The van der Waals surface area contributed by atoms with Crippen LogP contribution in [-0.2, 0) is 14.4 Å². The number of nitrogens with one attached hydrogen (secondary N) is 2. The lowest BCUT2D eigenvalue weighted by molar-refractivity contribution is -0.144. The smallest absolute Gasteiger partial charge is 0.246 e. The number of carbonyl (C=O) groups is 3. The van der Waals surface area contributed by atoms with Gasteiger partial charge in [-0.1, -0.05) is 34.6 Å². The molecule has 0 aromatic heterocycles. The first-order valence-electron chi connectivity index (χ1n) is 8.45. The van der Waals surface area contributed by atoms with Crippen molar-refractivity contribution in [3.8, 4) is 0 Å². The minimum atomic E-state index is -0.630. The van der Waals surface area contributed by atoms with Gasteiger partial charge in [0.1, 0.15) is 12.1 Å². The molecule has 0 saturated carbocycles. The maximum atomic E-state index is 13.0. The molecule has 6 heteroatoms. The Kier molecular flexibility index (Phi) is 6.59. The fourth-order valence-corrected chi connectivity index (χ4v) is 2.75. The molecule has 3 amide bonds. The van der Waals surface area contributed by atoms with E-state index >= 15 is 0 Å². The van der Waals surface area contributed by atoms with Crippen molar-refractivity contribution < 1.29 is 14.4 Å². The summed E-state index contributed by atoms with van der Waals surface area (Å²) in [6, 6.07) is -1.06. The lowest BCUT2D eigenvalue weighted by Crippen LogP contribution is -2.58. The zero-order valence-corrected chi connectivity index (χ0v) is 15.2. The molecule has 23 heavy (non-hydrogen) atoms. The molecule has 1 rings (SSSR count). The van der Waals surface area contributed by atoms with E-state index in [4.69, 9.17) is 0 Å². The summed E-state index contributed by atoms with van der Waals surface area (Å²) in [5.41, 5.74) is -0.421. The Morgan fingerprint density at radius 1 is 1.26 bits per heavy atom. The van der Waals surface area contributed by atoms with Crippen LogP contribution in [0.25, 0.3) is 0 Å². The summed E-state index contributed by atoms with van der Waals surface area (Å²) in [5, 5.41) is 5.52. The van der Waals surface area contributed by atoms with Gasteiger partial charge in [-0.15, -0.1) is 0 Å². The molecule has 6 nitrogen and oxygen atoms in total. The van der Waals surface area contributed by atoms with E-state index in [-0.39, 0.29) is 23.6 Å². The second kappa shape index (κ2) is 7.79. The Bertz CT molecular complexity index is 456. The van der Waals surface area contributed by atoms with E-state index in [1.165, 1.54) is 0 Å². The highest BCUT2D eigenvalue weighted by Gasteiger charge is 2.41. The van der Waals surface area contributed by atoms with Crippen LogP contribution in [0, 0.1) is 11.3 Å². The highest BCUT2D eigenvalue weighted by atomic mass is 16.2. The van der Waals surface area contributed by atoms with Gasteiger partial charge in [0, 0.05) is 19.5 Å². The van der Waals surface area contributed by atoms with E-state index in [1.54, 1.807) is 11.9 Å². The molecule has 1 heterocycles. The van der Waals surface area contributed by atoms with Crippen LogP contribution in [0.5, 0.6) is 0 Å². The second-order valence-corrected chi connectivity index (χ2v) is 7.42. The van der Waals surface area contributed by atoms with Gasteiger partial charge in [-0.05, 0) is 24.7 Å². The maximum Gasteiger partial charge on any atom is 0.246 e. The Hall–Kier alpha value is -1.59. The van der Waals surface area contributed by atoms with E-state index in [0.717, 1.165) is 12.8 Å². The summed E-state index contributed by atoms with van der Waals surface area (Å²) < 4.78 is 0. The van der Waals surface area contributed by atoms with Gasteiger partial charge < -0.3 is 15.5 Å². The van der Waals surface area contributed by atoms with E-state index in [2.05, 4.69) is 10.6 Å². The standard InChI is InChI=1S/C17H31N3O3/c1-7-11(2)14(21)19-13(17(3,4)5)16(23)20-10-8-9-12(20)15(22)18-6/h11-13H,7-10H2,1-6H3,(H,18,22)(H,19,21)/t11-,12+,13?/m1/s1. The minimum Gasteiger partial charge on any atom is -0.357 e. The van der Waals surface area contributed by atoms with Gasteiger partial charge in [0.15, 0.2) is 0 Å². The Morgan fingerprint density at radius 2 is 1.87 bits per heavy atom. The van der Waals surface area contributed by atoms with Crippen LogP contribution in [0.4, 0.5) is 0 Å². The zero-order valence-electron chi connectivity index (χ0n) is 15.2. The minimum absolute atomic E-state index is 0.114. The topological polar surface area (TPSA) is 78.5 Å². The van der Waals surface area contributed by atoms with Gasteiger partial charge >= 0.3 is 0 Å². The molecule has 1 fully saturated rings. The van der Waals surface area contributed by atoms with Gasteiger partial charge in [-0.3, -0.25) is 14.4 Å². The van der Waals surface area contributed by atoms with Crippen molar-refractivity contribution in [2.75, 3.05) is 13.6 Å². The van der Waals surface area contributed by atoms with E-state index in [0.29, 0.717) is 13.0 Å². The van der Waals surface area contributed by atoms with E-state index in [9.17, 15) is 14.4 Å². The fourth-order valence-electron chi connectivity index (χ4n) is 2.75. The van der Waals surface area contributed by atoms with Gasteiger partial charge in [-0.25, -0.2) is 0 Å². The molecule has 0 spiro atoms. The van der Waals surface area contributed by atoms with Crippen molar-refractivity contribution in [1.82, 2.24) is 15.5 Å². The van der Waals surface area contributed by atoms with Crippen molar-refractivity contribution in [1.29, 1.82) is 0 Å². The third-order valence-corrected chi connectivity index (χ3v) is 4.54. The molecule has 0 aromatic carbocycles. The number of likely N-dealkylation sites (tertiary alicyclic amines) is 1. The molecule has 132 valence electrons. The SMILES string of the molecule is CC[C@@H](C)C(=O)NC(C(=O)N1CCC[C@H]1C(=O)NC)C(C)(C)C. The lowest BCUT2D eigenvalue weighted by atomic mass is 9.85. The summed E-state index contributed by atoms with van der Waals surface area (Å²) in [6.07, 6.45) is 2.20. The molecule has 0 bridgehead atoms. The average Bonchev–Trinajstić information content (AvgIpc) is 2.98. The molecule has 2 N–H and O–H groups in total. The van der Waals surface area contributed by atoms with Crippen LogP contribution < -0.4 is 10.6 Å². The summed E-state index contributed by atoms with van der Waals surface area (Å²) in [5.74, 6) is -0.561. The van der Waals surface area contributed by atoms with Crippen LogP contribution in [-0.4, -0.2) is 48.3 Å². The highest BCUT2D eigenvalue weighted by Crippen LogP contribution is 2.26. The molecule has 0 aromatic rings. The van der Waals surface area contributed by atoms with Crippen LogP contribution in [0.2, 0.25) is 0 Å². The van der Waals surface area contributed by atoms with Crippen LogP contribution >= 0.6 is 0 Å². The summed E-state index contributed by atoms with van der Waals surface area (Å²) in [4.78, 5) is 38.9. The third kappa shape index (κ3) is 4.69. The predicted octanol–water partition coefficient (Wildman–Crippen LogP) is 1.30. The van der Waals surface area contributed by atoms with Crippen LogP contribution in [0.15, 0.2) is 0 Å². The van der Waals surface area contributed by atoms with Crippen molar-refractivity contribution in [3.05, 3.63) is 0 Å². The Labute approximate surface area is 139 Å². The number of rotatable bonds is 5. The average molecular weight is 325 g/mol. The third-order valence-electron chi connectivity index (χ3n) is 4.54. The van der Waals surface area contributed by atoms with Gasteiger partial charge in [-0.2, -0.15) is 0 Å². The monoisotopic (exact) mass is 325 g/mol. The zero-order chi connectivity index (χ0) is 17.8. The lowest BCUT2D eigenvalue weighted by Gasteiger charge is -2.35. The first-order chi connectivity index (χ1) is 10.6. The van der Waals surface area contributed by atoms with Crippen molar-refractivity contribution in [3.63, 3.8) is 0 Å². The van der Waals surface area contributed by atoms with Crippen molar-refractivity contribution in [2.45, 2.75) is 66.0 Å². The van der Waals surface area contributed by atoms with Crippen molar-refractivity contribution >= 4 is 17.7 Å². The van der Waals surface area contributed by atoms with Gasteiger partial charge in [0.25, 0.3) is 0 Å². The molecule has 0 radical (unpaired) electrons. The summed E-state index contributed by atoms with van der Waals surface area (Å²) >= 11 is 0. The first-order valence-corrected chi connectivity index (χ1v) is 8.45. The number of amides is 3. The number of hydrogen-bond donors (Lipinski definition) is 2.